The second-order valence-electron chi connectivity index (χ2n) is 17.3. The quantitative estimate of drug-likeness (QED) is 0.170. The zero-order valence-corrected chi connectivity index (χ0v) is 35.7. The van der Waals surface area contributed by atoms with Gasteiger partial charge in [0.15, 0.2) is 5.84 Å². The molecule has 13 rings (SSSR count). The van der Waals surface area contributed by atoms with Crippen molar-refractivity contribution < 1.29 is 4.42 Å². The molecule has 0 N–H and O–H groups in total. The fraction of sp³-hybridized carbons (Fsp3) is 0.0492. The molecular weight excluding hydrogens is 791 g/mol. The zero-order chi connectivity index (χ0) is 43.0. The Morgan fingerprint density at radius 3 is 1.91 bits per heavy atom. The van der Waals surface area contributed by atoms with Crippen molar-refractivity contribution in [2.75, 3.05) is 0 Å². The lowest BCUT2D eigenvalue weighted by atomic mass is 9.90. The summed E-state index contributed by atoms with van der Waals surface area (Å²) in [6.45, 7) is 2.30. The summed E-state index contributed by atoms with van der Waals surface area (Å²) in [5.74, 6) is 0.693. The van der Waals surface area contributed by atoms with Gasteiger partial charge in [0.2, 0.25) is 0 Å². The molecule has 1 unspecified atom stereocenters. The van der Waals surface area contributed by atoms with Gasteiger partial charge < -0.3 is 8.98 Å². The zero-order valence-electron chi connectivity index (χ0n) is 35.7. The number of nitrogens with zero attached hydrogens (tertiary/aromatic N) is 3. The van der Waals surface area contributed by atoms with Crippen molar-refractivity contribution in [1.82, 2.24) is 4.57 Å². The number of allylic oxidation sites excluding steroid dienone is 1. The van der Waals surface area contributed by atoms with Crippen molar-refractivity contribution in [2.45, 2.75) is 13.3 Å². The molecule has 0 saturated heterocycles. The molecule has 0 amide bonds. The van der Waals surface area contributed by atoms with Gasteiger partial charge >= 0.3 is 0 Å². The molecule has 306 valence electrons. The largest absolute Gasteiger partial charge is 0.456 e. The molecule has 0 bridgehead atoms. The number of aliphatic imine (C=N–C) groups is 2. The van der Waals surface area contributed by atoms with E-state index in [4.69, 9.17) is 14.4 Å². The highest BCUT2D eigenvalue weighted by molar-refractivity contribution is 6.25. The van der Waals surface area contributed by atoms with Crippen LogP contribution in [0.15, 0.2) is 227 Å². The molecule has 65 heavy (non-hydrogen) atoms. The summed E-state index contributed by atoms with van der Waals surface area (Å²) < 4.78 is 9.28. The fourth-order valence-corrected chi connectivity index (χ4v) is 10.2. The number of aromatic nitrogens is 1. The van der Waals surface area contributed by atoms with Crippen molar-refractivity contribution in [3.63, 3.8) is 0 Å². The van der Waals surface area contributed by atoms with Crippen LogP contribution in [0.2, 0.25) is 0 Å². The third-order valence-corrected chi connectivity index (χ3v) is 13.4. The number of rotatable bonds is 5. The lowest BCUT2D eigenvalue weighted by Crippen LogP contribution is -2.18. The molecule has 12 aromatic rings. The Morgan fingerprint density at radius 1 is 0.446 bits per heavy atom. The van der Waals surface area contributed by atoms with E-state index in [0.29, 0.717) is 5.84 Å². The third-order valence-electron chi connectivity index (χ3n) is 13.4. The van der Waals surface area contributed by atoms with Crippen molar-refractivity contribution in [2.24, 2.45) is 15.9 Å². The van der Waals surface area contributed by atoms with Gasteiger partial charge in [-0.25, -0.2) is 9.98 Å². The molecular formula is C61H41N3O. The maximum absolute atomic E-state index is 6.85. The second-order valence-corrected chi connectivity index (χ2v) is 17.3. The molecule has 1 aliphatic heterocycles. The van der Waals surface area contributed by atoms with E-state index in [2.05, 4.69) is 218 Å². The van der Waals surface area contributed by atoms with Gasteiger partial charge in [0.1, 0.15) is 11.2 Å². The standard InChI is InChI=1S/C61H41N3O/c1-38-26-32-53(49-24-13-20-41-16-7-9-21-47(41)49)62-61(43-29-27-40(28-30-43)39-14-3-2-4-15-39)63-60(38)52-36-46(37-57-59(52)50-23-11-12-25-56(50)65-57)64-54-33-31-42-17-8-10-22-48(42)58(54)51-34-44-18-5-6-19-45(44)35-55(51)64/h2-25,27-38H,26H2,1H3/b53-32+,62-61-,63-60+. The van der Waals surface area contributed by atoms with Gasteiger partial charge in [-0.1, -0.05) is 183 Å². The summed E-state index contributed by atoms with van der Waals surface area (Å²) >= 11 is 0. The third kappa shape index (κ3) is 6.13. The summed E-state index contributed by atoms with van der Waals surface area (Å²) in [6, 6.07) is 73.9. The number of benzene rings is 10. The molecule has 10 aromatic carbocycles. The van der Waals surface area contributed by atoms with Crippen molar-refractivity contribution in [1.29, 1.82) is 0 Å². The van der Waals surface area contributed by atoms with Crippen LogP contribution in [0.1, 0.15) is 30.0 Å². The Labute approximate surface area is 375 Å². The minimum Gasteiger partial charge on any atom is -0.456 e. The number of hydrogen-bond acceptors (Lipinski definition) is 3. The summed E-state index contributed by atoms with van der Waals surface area (Å²) in [5, 5.41) is 11.8. The van der Waals surface area contributed by atoms with Crippen LogP contribution in [0.4, 0.5) is 0 Å². The van der Waals surface area contributed by atoms with E-state index in [-0.39, 0.29) is 5.92 Å². The average molecular weight is 832 g/mol. The molecule has 3 heterocycles. The number of fused-ring (bicyclic) bond motifs is 10. The Hall–Kier alpha value is -8.34. The van der Waals surface area contributed by atoms with E-state index in [1.807, 2.05) is 6.07 Å². The van der Waals surface area contributed by atoms with Crippen LogP contribution >= 0.6 is 0 Å². The van der Waals surface area contributed by atoms with Crippen LogP contribution in [0.3, 0.4) is 0 Å². The fourth-order valence-electron chi connectivity index (χ4n) is 10.2. The smallest absolute Gasteiger partial charge is 0.160 e. The molecule has 0 spiro atoms. The van der Waals surface area contributed by atoms with Gasteiger partial charge in [0.05, 0.1) is 28.1 Å². The first-order chi connectivity index (χ1) is 32.1. The van der Waals surface area contributed by atoms with Gasteiger partial charge in [-0.05, 0) is 80.2 Å². The van der Waals surface area contributed by atoms with Crippen LogP contribution in [-0.2, 0) is 0 Å². The highest BCUT2D eigenvalue weighted by atomic mass is 16.3. The number of para-hydroxylation sites is 1. The predicted molar refractivity (Wildman–Crippen MR) is 274 cm³/mol. The molecule has 0 radical (unpaired) electrons. The van der Waals surface area contributed by atoms with Crippen LogP contribution in [-0.4, -0.2) is 16.1 Å². The molecule has 1 aliphatic rings. The minimum absolute atomic E-state index is 0.0206. The summed E-state index contributed by atoms with van der Waals surface area (Å²) in [7, 11) is 0. The number of hydrogen-bond donors (Lipinski definition) is 0. The maximum Gasteiger partial charge on any atom is 0.160 e. The second kappa shape index (κ2) is 14.9. The topological polar surface area (TPSA) is 42.8 Å². The first kappa shape index (κ1) is 37.2. The van der Waals surface area contributed by atoms with E-state index in [1.165, 1.54) is 48.7 Å². The van der Waals surface area contributed by atoms with Crippen molar-refractivity contribution in [3.05, 3.63) is 229 Å². The lowest BCUT2D eigenvalue weighted by Gasteiger charge is -2.20. The minimum atomic E-state index is 0.0206. The van der Waals surface area contributed by atoms with Crippen LogP contribution in [0, 0.1) is 5.92 Å². The number of amidine groups is 1. The van der Waals surface area contributed by atoms with Crippen LogP contribution in [0.5, 0.6) is 0 Å². The van der Waals surface area contributed by atoms with Crippen molar-refractivity contribution >= 4 is 93.3 Å². The lowest BCUT2D eigenvalue weighted by molar-refractivity contribution is 0.668. The molecule has 0 aliphatic carbocycles. The van der Waals surface area contributed by atoms with Crippen LogP contribution < -0.4 is 0 Å². The van der Waals surface area contributed by atoms with Crippen LogP contribution in [0.25, 0.3) is 98.6 Å². The monoisotopic (exact) mass is 831 g/mol. The molecule has 4 heteroatoms. The predicted octanol–water partition coefficient (Wildman–Crippen LogP) is 16.1. The summed E-state index contributed by atoms with van der Waals surface area (Å²) in [5.41, 5.74) is 12.3. The van der Waals surface area contributed by atoms with E-state index < -0.39 is 0 Å². The van der Waals surface area contributed by atoms with Crippen molar-refractivity contribution in [3.8, 4) is 16.8 Å². The first-order valence-electron chi connectivity index (χ1n) is 22.5. The van der Waals surface area contributed by atoms with E-state index in [0.717, 1.165) is 78.7 Å². The van der Waals surface area contributed by atoms with Gasteiger partial charge in [0, 0.05) is 50.2 Å². The average Bonchev–Trinajstić information content (AvgIpc) is 3.90. The highest BCUT2D eigenvalue weighted by Crippen LogP contribution is 2.42. The Balaban J connectivity index is 1.09. The molecule has 0 fully saturated rings. The highest BCUT2D eigenvalue weighted by Gasteiger charge is 2.25. The molecule has 4 nitrogen and oxygen atoms in total. The van der Waals surface area contributed by atoms with E-state index in [9.17, 15) is 0 Å². The van der Waals surface area contributed by atoms with Gasteiger partial charge in [0.25, 0.3) is 0 Å². The molecule has 1 atom stereocenters. The first-order valence-corrected chi connectivity index (χ1v) is 22.5. The Kier molecular flexibility index (Phi) is 8.53. The van der Waals surface area contributed by atoms with Gasteiger partial charge in [-0.15, -0.1) is 0 Å². The number of furan rings is 1. The Morgan fingerprint density at radius 2 is 1.09 bits per heavy atom. The molecule has 2 aromatic heterocycles. The SMILES string of the molecule is CC1C/C=C(c2cccc3ccccc23)/N=C(c2ccc(-c3ccccc3)cc2)\N=C/1c1cc(-n2c3cc4ccccc4cc3c3c4ccccc4ccc32)cc2oc3ccccc3c12. The maximum atomic E-state index is 6.85. The van der Waals surface area contributed by atoms with E-state index >= 15 is 0 Å². The summed E-state index contributed by atoms with van der Waals surface area (Å²) in [4.78, 5) is 11.3. The Bertz CT molecular complexity index is 3970. The molecule has 0 saturated carbocycles. The summed E-state index contributed by atoms with van der Waals surface area (Å²) in [6.07, 6.45) is 3.06. The van der Waals surface area contributed by atoms with Gasteiger partial charge in [-0.2, -0.15) is 0 Å². The van der Waals surface area contributed by atoms with E-state index in [1.54, 1.807) is 0 Å². The van der Waals surface area contributed by atoms with Gasteiger partial charge in [-0.3, -0.25) is 0 Å². The normalized spacial score (nSPS) is 17.0.